The molecule has 5 rings (SSSR count). The summed E-state index contributed by atoms with van der Waals surface area (Å²) < 4.78 is 12.2. The van der Waals surface area contributed by atoms with E-state index in [-0.39, 0.29) is 0 Å². The zero-order valence-corrected chi connectivity index (χ0v) is 22.0. The lowest BCUT2D eigenvalue weighted by atomic mass is 9.76. The number of hydrogen-bond donors (Lipinski definition) is 1. The van der Waals surface area contributed by atoms with Crippen LogP contribution in [0.1, 0.15) is 54.0 Å². The molecule has 4 nitrogen and oxygen atoms in total. The number of aryl methyl sites for hydroxylation is 1. The van der Waals surface area contributed by atoms with Crippen molar-refractivity contribution in [1.29, 1.82) is 0 Å². The summed E-state index contributed by atoms with van der Waals surface area (Å²) in [5.74, 6) is 2.44. The number of anilines is 1. The Labute approximate surface area is 216 Å². The average molecular weight is 531 g/mol. The molecule has 5 heteroatoms. The molecule has 3 aromatic rings. The Bertz CT molecular complexity index is 1270. The van der Waals surface area contributed by atoms with Gasteiger partial charge in [0.05, 0.1) is 29.9 Å². The van der Waals surface area contributed by atoms with Crippen LogP contribution in [0, 0.1) is 12.8 Å². The molecule has 2 aliphatic rings. The van der Waals surface area contributed by atoms with Crippen molar-refractivity contribution in [3.8, 4) is 11.5 Å². The molecule has 3 atom stereocenters. The predicted molar refractivity (Wildman–Crippen MR) is 148 cm³/mol. The largest absolute Gasteiger partial charge is 0.493 e. The van der Waals surface area contributed by atoms with E-state index >= 15 is 0 Å². The van der Waals surface area contributed by atoms with Gasteiger partial charge in [-0.2, -0.15) is 0 Å². The van der Waals surface area contributed by atoms with Crippen molar-refractivity contribution in [3.05, 3.63) is 93.5 Å². The van der Waals surface area contributed by atoms with Crippen LogP contribution < -0.4 is 14.8 Å². The van der Waals surface area contributed by atoms with E-state index in [1.807, 2.05) is 18.3 Å². The fourth-order valence-electron chi connectivity index (χ4n) is 5.12. The zero-order chi connectivity index (χ0) is 24.4. The second-order valence-corrected chi connectivity index (χ2v) is 10.2. The van der Waals surface area contributed by atoms with E-state index in [0.29, 0.717) is 30.2 Å². The van der Waals surface area contributed by atoms with Gasteiger partial charge in [-0.1, -0.05) is 48.9 Å². The maximum atomic E-state index is 5.83. The van der Waals surface area contributed by atoms with Crippen molar-refractivity contribution in [2.75, 3.05) is 19.0 Å². The number of fused-ring (bicyclic) bond motifs is 3. The fourth-order valence-corrected chi connectivity index (χ4v) is 5.69. The minimum atomic E-state index is 0.291. The van der Waals surface area contributed by atoms with Crippen LogP contribution in [0.2, 0.25) is 0 Å². The lowest BCUT2D eigenvalue weighted by Gasteiger charge is -2.37. The Morgan fingerprint density at radius 3 is 2.71 bits per heavy atom. The molecule has 180 valence electrons. The molecule has 0 saturated heterocycles. The molecule has 1 aliphatic carbocycles. The third kappa shape index (κ3) is 4.87. The van der Waals surface area contributed by atoms with Crippen molar-refractivity contribution < 1.29 is 9.47 Å². The van der Waals surface area contributed by atoms with E-state index in [9.17, 15) is 0 Å². The van der Waals surface area contributed by atoms with E-state index in [1.165, 1.54) is 22.4 Å². The van der Waals surface area contributed by atoms with E-state index < -0.39 is 0 Å². The highest BCUT2D eigenvalue weighted by Gasteiger charge is 2.37. The van der Waals surface area contributed by atoms with Crippen LogP contribution in [0.15, 0.2) is 76.2 Å². The van der Waals surface area contributed by atoms with Crippen LogP contribution >= 0.6 is 15.9 Å². The second kappa shape index (κ2) is 10.3. The lowest BCUT2D eigenvalue weighted by Crippen LogP contribution is -2.29. The zero-order valence-electron chi connectivity index (χ0n) is 20.4. The third-order valence-corrected chi connectivity index (χ3v) is 7.42. The van der Waals surface area contributed by atoms with Gasteiger partial charge in [0.15, 0.2) is 11.5 Å². The molecule has 0 aromatic heterocycles. The summed E-state index contributed by atoms with van der Waals surface area (Å²) in [4.78, 5) is 4.71. The molecule has 3 aromatic carbocycles. The molecule has 0 bridgehead atoms. The number of methoxy groups -OCH3 is 1. The number of nitrogens with zero attached hydrogens (tertiary/aromatic N) is 1. The van der Waals surface area contributed by atoms with Crippen LogP contribution in [0.5, 0.6) is 11.5 Å². The Kier molecular flexibility index (Phi) is 6.96. The molecule has 0 spiro atoms. The van der Waals surface area contributed by atoms with Gasteiger partial charge < -0.3 is 14.8 Å². The molecule has 1 N–H and O–H groups in total. The van der Waals surface area contributed by atoms with Crippen LogP contribution in [0.3, 0.4) is 0 Å². The van der Waals surface area contributed by atoms with Crippen molar-refractivity contribution in [2.45, 2.75) is 38.6 Å². The van der Waals surface area contributed by atoms with E-state index in [2.05, 4.69) is 89.7 Å². The van der Waals surface area contributed by atoms with Gasteiger partial charge >= 0.3 is 0 Å². The van der Waals surface area contributed by atoms with E-state index in [1.54, 1.807) is 7.11 Å². The third-order valence-electron chi connectivity index (χ3n) is 6.84. The fraction of sp³-hybridized carbons (Fsp3) is 0.300. The molecule has 35 heavy (non-hydrogen) atoms. The van der Waals surface area contributed by atoms with Crippen molar-refractivity contribution >= 4 is 33.5 Å². The van der Waals surface area contributed by atoms with Gasteiger partial charge in [-0.05, 0) is 88.6 Å². The smallest absolute Gasteiger partial charge is 0.175 e. The Balaban J connectivity index is 1.34. The summed E-state index contributed by atoms with van der Waals surface area (Å²) in [7, 11) is 1.66. The molecular formula is C30H31BrN2O2. The first-order chi connectivity index (χ1) is 17.1. The van der Waals surface area contributed by atoms with Crippen LogP contribution in [-0.4, -0.2) is 19.9 Å². The maximum absolute atomic E-state index is 5.83. The van der Waals surface area contributed by atoms with Gasteiger partial charge in [-0.25, -0.2) is 0 Å². The number of aliphatic imine (C=N–C) groups is 1. The van der Waals surface area contributed by atoms with Crippen LogP contribution in [-0.2, 0) is 0 Å². The minimum Gasteiger partial charge on any atom is -0.493 e. The van der Waals surface area contributed by atoms with E-state index in [0.717, 1.165) is 34.3 Å². The number of allylic oxidation sites excluding steroid dienone is 2. The Hall–Kier alpha value is -3.05. The molecule has 0 amide bonds. The van der Waals surface area contributed by atoms with Gasteiger partial charge in [-0.3, -0.25) is 4.99 Å². The summed E-state index contributed by atoms with van der Waals surface area (Å²) in [6.07, 6.45) is 8.63. The van der Waals surface area contributed by atoms with Crippen molar-refractivity contribution in [1.82, 2.24) is 0 Å². The van der Waals surface area contributed by atoms with Crippen LogP contribution in [0.4, 0.5) is 11.4 Å². The minimum absolute atomic E-state index is 0.291. The average Bonchev–Trinajstić information content (AvgIpc) is 3.37. The molecular weight excluding hydrogens is 500 g/mol. The number of benzene rings is 3. The SMILES string of the molecule is CCCOc1c(Br)cc(C=Nc2ccc([C@@H]3Nc4ccc(C)cc4[C@@H]4C=CC[C@@H]43)cc2)cc1OC. The molecule has 0 unspecified atom stereocenters. The maximum Gasteiger partial charge on any atom is 0.175 e. The van der Waals surface area contributed by atoms with Crippen molar-refractivity contribution in [3.63, 3.8) is 0 Å². The van der Waals surface area contributed by atoms with Crippen molar-refractivity contribution in [2.24, 2.45) is 10.9 Å². The first kappa shape index (κ1) is 23.7. The summed E-state index contributed by atoms with van der Waals surface area (Å²) in [6.45, 7) is 4.90. The normalized spacial score (nSPS) is 20.4. The Morgan fingerprint density at radius 1 is 1.11 bits per heavy atom. The highest BCUT2D eigenvalue weighted by Crippen LogP contribution is 2.50. The number of rotatable bonds is 7. The van der Waals surface area contributed by atoms with E-state index in [4.69, 9.17) is 14.5 Å². The molecule has 1 aliphatic heterocycles. The molecule has 0 radical (unpaired) electrons. The molecule has 0 fully saturated rings. The topological polar surface area (TPSA) is 42.8 Å². The number of hydrogen-bond acceptors (Lipinski definition) is 4. The molecule has 0 saturated carbocycles. The highest BCUT2D eigenvalue weighted by molar-refractivity contribution is 9.10. The van der Waals surface area contributed by atoms with Gasteiger partial charge in [-0.15, -0.1) is 0 Å². The van der Waals surface area contributed by atoms with Crippen LogP contribution in [0.25, 0.3) is 0 Å². The first-order valence-corrected chi connectivity index (χ1v) is 13.0. The monoisotopic (exact) mass is 530 g/mol. The standard InChI is InChI=1S/C30H31BrN2O2/c1-4-14-35-30-26(31)16-20(17-28(30)34-3)18-32-22-11-9-21(10-12-22)29-24-7-5-6-23(24)25-15-19(2)8-13-27(25)33-29/h5-6,8-13,15-18,23-24,29,33H,4,7,14H2,1-3H3/t23-,24+,29+/m1/s1. The Morgan fingerprint density at radius 2 is 1.94 bits per heavy atom. The summed E-state index contributed by atoms with van der Waals surface area (Å²) in [5, 5.41) is 3.82. The first-order valence-electron chi connectivity index (χ1n) is 12.3. The molecule has 1 heterocycles. The quantitative estimate of drug-likeness (QED) is 0.247. The lowest BCUT2D eigenvalue weighted by molar-refractivity contribution is 0.292. The number of nitrogens with one attached hydrogen (secondary N) is 1. The number of halogens is 1. The van der Waals surface area contributed by atoms with Gasteiger partial charge in [0.1, 0.15) is 0 Å². The predicted octanol–water partition coefficient (Wildman–Crippen LogP) is 8.13. The summed E-state index contributed by atoms with van der Waals surface area (Å²) >= 11 is 3.61. The summed E-state index contributed by atoms with van der Waals surface area (Å²) in [6, 6.07) is 19.6. The second-order valence-electron chi connectivity index (χ2n) is 9.30. The highest BCUT2D eigenvalue weighted by atomic mass is 79.9. The van der Waals surface area contributed by atoms with Gasteiger partial charge in [0.2, 0.25) is 0 Å². The van der Waals surface area contributed by atoms with Gasteiger partial charge in [0.25, 0.3) is 0 Å². The summed E-state index contributed by atoms with van der Waals surface area (Å²) in [5.41, 5.74) is 7.16. The van der Waals surface area contributed by atoms with Gasteiger partial charge in [0, 0.05) is 17.8 Å². The number of ether oxygens (including phenoxy) is 2.